The van der Waals surface area contributed by atoms with Gasteiger partial charge in [0.05, 0.1) is 0 Å². The highest BCUT2D eigenvalue weighted by Gasteiger charge is 2.00. The molecular weight excluding hydrogens is 84.9 g/mol. The molecule has 0 aliphatic carbocycles. The minimum absolute atomic E-state index is 0.355. The van der Waals surface area contributed by atoms with Crippen molar-refractivity contribution in [1.29, 1.82) is 0 Å². The van der Waals surface area contributed by atoms with Crippen molar-refractivity contribution < 1.29 is 0 Å². The van der Waals surface area contributed by atoms with E-state index in [1.165, 1.54) is 20.0 Å². The first-order valence-electron chi connectivity index (χ1n) is 2.82. The molecular formula is C5H10BN. The predicted molar refractivity (Wildman–Crippen MR) is 33.7 cm³/mol. The van der Waals surface area contributed by atoms with E-state index in [1.807, 2.05) is 0 Å². The Morgan fingerprint density at radius 2 is 2.57 bits per heavy atom. The molecule has 1 heterocycles. The highest BCUT2D eigenvalue weighted by atomic mass is 14.6. The fraction of sp³-hybridized carbons (Fsp3) is 0.600. The zero-order chi connectivity index (χ0) is 5.11. The molecule has 0 aromatic carbocycles. The van der Waals surface area contributed by atoms with Gasteiger partial charge in [0.1, 0.15) is 7.28 Å². The Hall–Kier alpha value is -0.235. The molecule has 0 fully saturated rings. The van der Waals surface area contributed by atoms with E-state index in [-0.39, 0.29) is 0 Å². The van der Waals surface area contributed by atoms with Crippen LogP contribution in [0.2, 0.25) is 6.32 Å². The van der Waals surface area contributed by atoms with Crippen LogP contribution in [-0.4, -0.2) is 13.3 Å². The molecule has 7 heavy (non-hydrogen) atoms. The molecule has 1 unspecified atom stereocenters. The van der Waals surface area contributed by atoms with Gasteiger partial charge in [-0.3, -0.25) is 0 Å². The predicted octanol–water partition coefficient (Wildman–Crippen LogP) is 0.0859. The topological polar surface area (TPSA) is 26.0 Å². The van der Waals surface area contributed by atoms with Crippen LogP contribution >= 0.6 is 0 Å². The van der Waals surface area contributed by atoms with Crippen molar-refractivity contribution in [2.45, 2.75) is 18.8 Å². The number of hydrogen-bond donors (Lipinski definition) is 1. The Bertz CT molecular complexity index is 80.1. The van der Waals surface area contributed by atoms with Gasteiger partial charge in [0, 0.05) is 6.04 Å². The average molecular weight is 95.0 g/mol. The van der Waals surface area contributed by atoms with Gasteiger partial charge in [-0.15, -0.1) is 5.98 Å². The van der Waals surface area contributed by atoms with Crippen LogP contribution in [0.15, 0.2) is 12.1 Å². The molecule has 2 heteroatoms. The summed E-state index contributed by atoms with van der Waals surface area (Å²) in [5.74, 6) is 2.16. The van der Waals surface area contributed by atoms with Gasteiger partial charge in [0.2, 0.25) is 0 Å². The lowest BCUT2D eigenvalue weighted by atomic mass is 9.69. The summed E-state index contributed by atoms with van der Waals surface area (Å²) in [7, 11) is 1.23. The Labute approximate surface area is 44.8 Å². The highest BCUT2D eigenvalue weighted by Crippen LogP contribution is 2.01. The Balaban J connectivity index is 2.36. The van der Waals surface area contributed by atoms with E-state index in [0.717, 1.165) is 0 Å². The lowest BCUT2D eigenvalue weighted by Gasteiger charge is -2.07. The minimum atomic E-state index is 0.355. The van der Waals surface area contributed by atoms with E-state index >= 15 is 0 Å². The molecule has 0 saturated carbocycles. The average Bonchev–Trinajstić information content (AvgIpc) is 1.69. The van der Waals surface area contributed by atoms with Gasteiger partial charge in [-0.05, 0) is 6.42 Å². The maximum atomic E-state index is 5.55. The third-order valence-corrected chi connectivity index (χ3v) is 1.29. The number of rotatable bonds is 0. The second-order valence-electron chi connectivity index (χ2n) is 2.02. The number of nitrogens with two attached hydrogens (primary N) is 1. The quantitative estimate of drug-likeness (QED) is 0.424. The molecule has 0 aromatic rings. The van der Waals surface area contributed by atoms with Gasteiger partial charge in [-0.2, -0.15) is 0 Å². The fourth-order valence-corrected chi connectivity index (χ4v) is 0.839. The van der Waals surface area contributed by atoms with Crippen LogP contribution in [0.3, 0.4) is 0 Å². The van der Waals surface area contributed by atoms with E-state index in [4.69, 9.17) is 5.73 Å². The molecule has 0 saturated heterocycles. The first-order valence-corrected chi connectivity index (χ1v) is 2.82. The molecule has 1 aliphatic rings. The first-order chi connectivity index (χ1) is 3.39. The smallest absolute Gasteiger partial charge is 0.147 e. The van der Waals surface area contributed by atoms with Gasteiger partial charge < -0.3 is 5.73 Å². The second-order valence-corrected chi connectivity index (χ2v) is 2.02. The first kappa shape index (κ1) is 4.91. The molecule has 1 rings (SSSR count). The Kier molecular flexibility index (Phi) is 1.52. The summed E-state index contributed by atoms with van der Waals surface area (Å²) >= 11 is 0. The van der Waals surface area contributed by atoms with Crippen LogP contribution < -0.4 is 5.73 Å². The molecule has 0 spiro atoms. The Morgan fingerprint density at radius 1 is 1.71 bits per heavy atom. The van der Waals surface area contributed by atoms with Crippen LogP contribution in [0.25, 0.3) is 0 Å². The molecule has 0 bridgehead atoms. The number of hydrogen-bond acceptors (Lipinski definition) is 1. The molecule has 0 aromatic heterocycles. The third-order valence-electron chi connectivity index (χ3n) is 1.29. The van der Waals surface area contributed by atoms with Gasteiger partial charge in [0.15, 0.2) is 0 Å². The van der Waals surface area contributed by atoms with E-state index in [1.54, 1.807) is 0 Å². The maximum Gasteiger partial charge on any atom is 0.147 e. The summed E-state index contributed by atoms with van der Waals surface area (Å²) < 4.78 is 0. The molecule has 2 N–H and O–H groups in total. The van der Waals surface area contributed by atoms with Crippen molar-refractivity contribution in [3.8, 4) is 0 Å². The van der Waals surface area contributed by atoms with E-state index < -0.39 is 0 Å². The minimum Gasteiger partial charge on any atom is -0.324 e. The summed E-state index contributed by atoms with van der Waals surface area (Å²) in [6.07, 6.45) is 4.54. The summed E-state index contributed by atoms with van der Waals surface area (Å²) in [6.45, 7) is 0. The third kappa shape index (κ3) is 1.36. The molecule has 38 valence electrons. The zero-order valence-corrected chi connectivity index (χ0v) is 4.43. The van der Waals surface area contributed by atoms with Crippen LogP contribution in [-0.2, 0) is 0 Å². The van der Waals surface area contributed by atoms with E-state index in [0.29, 0.717) is 6.04 Å². The SMILES string of the molecule is NC1C=CBCC1. The van der Waals surface area contributed by atoms with E-state index in [9.17, 15) is 0 Å². The maximum absolute atomic E-state index is 5.55. The van der Waals surface area contributed by atoms with Crippen molar-refractivity contribution in [3.05, 3.63) is 12.1 Å². The van der Waals surface area contributed by atoms with Crippen molar-refractivity contribution >= 4 is 7.28 Å². The molecule has 0 amide bonds. The fourth-order valence-electron chi connectivity index (χ4n) is 0.839. The normalized spacial score (nSPS) is 29.6. The van der Waals surface area contributed by atoms with Crippen molar-refractivity contribution in [2.75, 3.05) is 0 Å². The van der Waals surface area contributed by atoms with Gasteiger partial charge in [-0.1, -0.05) is 12.4 Å². The van der Waals surface area contributed by atoms with Crippen LogP contribution in [0.1, 0.15) is 6.42 Å². The summed E-state index contributed by atoms with van der Waals surface area (Å²) in [5.41, 5.74) is 5.55. The summed E-state index contributed by atoms with van der Waals surface area (Å²) in [6, 6.07) is 0.355. The monoisotopic (exact) mass is 95.1 g/mol. The van der Waals surface area contributed by atoms with Gasteiger partial charge in [0.25, 0.3) is 0 Å². The van der Waals surface area contributed by atoms with Crippen molar-refractivity contribution in [1.82, 2.24) is 0 Å². The second kappa shape index (κ2) is 2.17. The molecule has 1 nitrogen and oxygen atoms in total. The van der Waals surface area contributed by atoms with Crippen LogP contribution in [0, 0.1) is 0 Å². The lowest BCUT2D eigenvalue weighted by Crippen LogP contribution is -2.19. The van der Waals surface area contributed by atoms with Crippen LogP contribution in [0.5, 0.6) is 0 Å². The standard InChI is InChI=1S/C5H10BN/c7-5-1-3-6-4-2-5/h1,3,5-6H,2,4,7H2. The highest BCUT2D eigenvalue weighted by molar-refractivity contribution is 6.42. The van der Waals surface area contributed by atoms with Gasteiger partial charge in [-0.25, -0.2) is 0 Å². The lowest BCUT2D eigenvalue weighted by molar-refractivity contribution is 0.772. The van der Waals surface area contributed by atoms with Crippen LogP contribution in [0.4, 0.5) is 0 Å². The van der Waals surface area contributed by atoms with Crippen molar-refractivity contribution in [2.24, 2.45) is 5.73 Å². The van der Waals surface area contributed by atoms with Crippen molar-refractivity contribution in [3.63, 3.8) is 0 Å². The summed E-state index contributed by atoms with van der Waals surface area (Å²) in [5, 5.41) is 0. The van der Waals surface area contributed by atoms with E-state index in [2.05, 4.69) is 12.1 Å². The zero-order valence-electron chi connectivity index (χ0n) is 4.43. The largest absolute Gasteiger partial charge is 0.324 e. The molecule has 1 aliphatic heterocycles. The van der Waals surface area contributed by atoms with Gasteiger partial charge >= 0.3 is 0 Å². The molecule has 0 radical (unpaired) electrons. The Morgan fingerprint density at radius 3 is 2.86 bits per heavy atom. The summed E-state index contributed by atoms with van der Waals surface area (Å²) in [4.78, 5) is 0. The molecule has 1 atom stereocenters.